The zero-order chi connectivity index (χ0) is 48.3. The summed E-state index contributed by atoms with van der Waals surface area (Å²) in [5.41, 5.74) is 16.5. The number of benzene rings is 10. The Labute approximate surface area is 420 Å². The Kier molecular flexibility index (Phi) is 10.5. The van der Waals surface area contributed by atoms with Crippen molar-refractivity contribution in [3.8, 4) is 22.3 Å². The van der Waals surface area contributed by atoms with Gasteiger partial charge in [0.05, 0.1) is 25.1 Å². The second-order valence-corrected chi connectivity index (χ2v) is 24.1. The van der Waals surface area contributed by atoms with E-state index in [0.717, 1.165) is 112 Å². The fourth-order valence-corrected chi connectivity index (χ4v) is 13.5. The van der Waals surface area contributed by atoms with Gasteiger partial charge >= 0.3 is 0 Å². The zero-order valence-corrected chi connectivity index (χ0v) is 41.2. The summed E-state index contributed by atoms with van der Waals surface area (Å²) < 4.78 is 13.4. The molecule has 5 heteroatoms. The lowest BCUT2D eigenvalue weighted by atomic mass is 9.92. The standard InChI is InChI=1S/C67H50N2O2Si/c1-45-35-38-50(68(48-21-8-5-9-22-48)60-30-16-27-57-54-24-11-14-32-62(54)70-66(57)60)43-44-72(2,3)64-34-18-26-56-52(42-41-51(45)65(56)64)47-36-39-49(40-37-47)69(59-29-13-10-23-53(59)46-19-6-4-7-20-46)61-31-17-28-58-55-25-12-15-33-63(55)71-67(58)61/h4-43H,1,44H2,2-3H3/b38-35-,50-43+. The van der Waals surface area contributed by atoms with E-state index in [0.29, 0.717) is 0 Å². The van der Waals surface area contributed by atoms with Gasteiger partial charge in [-0.05, 0) is 105 Å². The van der Waals surface area contributed by atoms with Gasteiger partial charge in [-0.25, -0.2) is 0 Å². The first-order valence-electron chi connectivity index (χ1n) is 24.7. The van der Waals surface area contributed by atoms with Crippen LogP contribution in [0.25, 0.3) is 82.5 Å². The van der Waals surface area contributed by atoms with Crippen LogP contribution in [0.15, 0.2) is 264 Å². The summed E-state index contributed by atoms with van der Waals surface area (Å²) in [5.74, 6) is 0. The Hall–Kier alpha value is -8.90. The molecular formula is C67H50N2O2Si. The molecule has 0 atom stereocenters. The number of hydrogen-bond acceptors (Lipinski definition) is 4. The van der Waals surface area contributed by atoms with Crippen LogP contribution in [0, 0.1) is 0 Å². The van der Waals surface area contributed by atoms with Gasteiger partial charge in [0.25, 0.3) is 0 Å². The first-order chi connectivity index (χ1) is 35.4. The van der Waals surface area contributed by atoms with Gasteiger partial charge in [0.2, 0.25) is 0 Å². The van der Waals surface area contributed by atoms with Crippen molar-refractivity contribution in [3.05, 3.63) is 261 Å². The van der Waals surface area contributed by atoms with Crippen molar-refractivity contribution in [2.75, 3.05) is 9.80 Å². The molecule has 10 aromatic carbocycles. The Morgan fingerprint density at radius 2 is 0.917 bits per heavy atom. The molecular weight excluding hydrogens is 893 g/mol. The van der Waals surface area contributed by atoms with Gasteiger partial charge in [-0.15, -0.1) is 0 Å². The van der Waals surface area contributed by atoms with Gasteiger partial charge in [0.15, 0.2) is 11.2 Å². The lowest BCUT2D eigenvalue weighted by molar-refractivity contribution is 0.668. The number of fused-ring (bicyclic) bond motifs is 6. The van der Waals surface area contributed by atoms with Gasteiger partial charge in [-0.1, -0.05) is 207 Å². The third-order valence-electron chi connectivity index (χ3n) is 14.6. The van der Waals surface area contributed by atoms with E-state index in [1.165, 1.54) is 21.5 Å². The van der Waals surface area contributed by atoms with Crippen molar-refractivity contribution in [2.24, 2.45) is 0 Å². The summed E-state index contributed by atoms with van der Waals surface area (Å²) in [6.45, 7) is 9.80. The second-order valence-electron chi connectivity index (χ2n) is 19.4. The molecule has 0 spiro atoms. The molecule has 3 heterocycles. The minimum atomic E-state index is -2.19. The van der Waals surface area contributed by atoms with Gasteiger partial charge in [-0.3, -0.25) is 0 Å². The highest BCUT2D eigenvalue weighted by atomic mass is 28.3. The van der Waals surface area contributed by atoms with E-state index in [1.807, 2.05) is 12.1 Å². The molecule has 0 saturated heterocycles. The first kappa shape index (κ1) is 43.1. The largest absolute Gasteiger partial charge is 0.454 e. The summed E-state index contributed by atoms with van der Waals surface area (Å²) in [4.78, 5) is 4.71. The van der Waals surface area contributed by atoms with Crippen molar-refractivity contribution in [1.82, 2.24) is 0 Å². The van der Waals surface area contributed by atoms with Crippen LogP contribution in [0.2, 0.25) is 19.1 Å². The van der Waals surface area contributed by atoms with E-state index in [9.17, 15) is 0 Å². The Morgan fingerprint density at radius 1 is 0.403 bits per heavy atom. The van der Waals surface area contributed by atoms with Crippen LogP contribution in [0.4, 0.5) is 28.4 Å². The van der Waals surface area contributed by atoms with Crippen LogP contribution in [0.5, 0.6) is 0 Å². The smallest absolute Gasteiger partial charge is 0.159 e. The molecule has 12 aromatic rings. The molecule has 1 aliphatic rings. The molecule has 2 aromatic heterocycles. The number of rotatable bonds is 8. The number of para-hydroxylation sites is 6. The summed E-state index contributed by atoms with van der Waals surface area (Å²) in [6.07, 6.45) is 6.90. The van der Waals surface area contributed by atoms with Gasteiger partial charge < -0.3 is 18.6 Å². The average molecular weight is 943 g/mol. The van der Waals surface area contributed by atoms with Crippen molar-refractivity contribution in [2.45, 2.75) is 19.1 Å². The highest BCUT2D eigenvalue weighted by molar-refractivity contribution is 6.92. The highest BCUT2D eigenvalue weighted by Gasteiger charge is 2.29. The lowest BCUT2D eigenvalue weighted by Gasteiger charge is -2.30. The van der Waals surface area contributed by atoms with Gasteiger partial charge in [-0.2, -0.15) is 0 Å². The quantitative estimate of drug-likeness (QED) is 0.142. The topological polar surface area (TPSA) is 32.8 Å². The first-order valence-corrected chi connectivity index (χ1v) is 27.9. The number of furan rings is 2. The van der Waals surface area contributed by atoms with Gasteiger partial charge in [0.1, 0.15) is 11.2 Å². The van der Waals surface area contributed by atoms with E-state index < -0.39 is 8.07 Å². The third-order valence-corrected chi connectivity index (χ3v) is 17.7. The van der Waals surface area contributed by atoms with Crippen LogP contribution < -0.4 is 15.0 Å². The summed E-state index contributed by atoms with van der Waals surface area (Å²) in [6, 6.07) is 81.1. The Balaban J connectivity index is 0.919. The molecule has 0 saturated carbocycles. The lowest BCUT2D eigenvalue weighted by Crippen LogP contribution is -2.41. The van der Waals surface area contributed by atoms with E-state index in [-0.39, 0.29) is 0 Å². The van der Waals surface area contributed by atoms with Crippen molar-refractivity contribution in [3.63, 3.8) is 0 Å². The van der Waals surface area contributed by atoms with Gasteiger partial charge in [0, 0.05) is 44.2 Å². The predicted octanol–water partition coefficient (Wildman–Crippen LogP) is 18.7. The Morgan fingerprint density at radius 3 is 1.61 bits per heavy atom. The number of hydrogen-bond donors (Lipinski definition) is 0. The van der Waals surface area contributed by atoms with Crippen LogP contribution in [-0.4, -0.2) is 8.07 Å². The normalized spacial score (nSPS) is 14.7. The third kappa shape index (κ3) is 7.28. The van der Waals surface area contributed by atoms with E-state index >= 15 is 0 Å². The minimum Gasteiger partial charge on any atom is -0.454 e. The second kappa shape index (κ2) is 17.5. The molecule has 0 aliphatic carbocycles. The maximum absolute atomic E-state index is 6.72. The predicted molar refractivity (Wildman–Crippen MR) is 307 cm³/mol. The summed E-state index contributed by atoms with van der Waals surface area (Å²) >= 11 is 0. The minimum absolute atomic E-state index is 0.854. The SMILES string of the molecule is C=C1/C=C\C(N(c2ccccc2)c2cccc3c2oc2ccccc23)=C/C[Si](C)(C)c2cccc3c(-c4ccc(N(c5ccccc5-c5ccccc5)c5cccc6c5oc5ccccc56)cc4)ccc1c23. The van der Waals surface area contributed by atoms with Crippen LogP contribution in [-0.2, 0) is 0 Å². The molecule has 0 unspecified atom stereocenters. The van der Waals surface area contributed by atoms with E-state index in [4.69, 9.17) is 15.4 Å². The van der Waals surface area contributed by atoms with Crippen molar-refractivity contribution >= 4 is 102 Å². The summed E-state index contributed by atoms with van der Waals surface area (Å²) in [7, 11) is -2.19. The molecule has 0 fully saturated rings. The monoisotopic (exact) mass is 942 g/mol. The number of allylic oxidation sites excluding steroid dienone is 4. The van der Waals surface area contributed by atoms with E-state index in [2.05, 4.69) is 253 Å². The maximum atomic E-state index is 6.72. The van der Waals surface area contributed by atoms with E-state index in [1.54, 1.807) is 0 Å². The van der Waals surface area contributed by atoms with Crippen molar-refractivity contribution in [1.29, 1.82) is 0 Å². The van der Waals surface area contributed by atoms with Crippen LogP contribution >= 0.6 is 0 Å². The molecule has 0 radical (unpaired) electrons. The van der Waals surface area contributed by atoms with Crippen molar-refractivity contribution < 1.29 is 8.83 Å². The Bertz CT molecular complexity index is 4120. The molecule has 0 amide bonds. The van der Waals surface area contributed by atoms with Crippen LogP contribution in [0.3, 0.4) is 0 Å². The molecule has 0 bridgehead atoms. The number of nitrogens with zero attached hydrogens (tertiary/aromatic N) is 2. The molecule has 0 N–H and O–H groups in total. The maximum Gasteiger partial charge on any atom is 0.159 e. The molecule has 13 rings (SSSR count). The van der Waals surface area contributed by atoms with Crippen LogP contribution in [0.1, 0.15) is 5.56 Å². The molecule has 4 nitrogen and oxygen atoms in total. The zero-order valence-electron chi connectivity index (χ0n) is 40.2. The highest BCUT2D eigenvalue weighted by Crippen LogP contribution is 2.47. The molecule has 72 heavy (non-hydrogen) atoms. The molecule has 344 valence electrons. The average Bonchev–Trinajstić information content (AvgIpc) is 4.01. The summed E-state index contributed by atoms with van der Waals surface area (Å²) in [5, 5.41) is 8.37. The number of anilines is 5. The molecule has 1 aliphatic heterocycles. The fourth-order valence-electron chi connectivity index (χ4n) is 11.0. The fraction of sp³-hybridized carbons (Fsp3) is 0.0448.